The van der Waals surface area contributed by atoms with Crippen LogP contribution in [0.15, 0.2) is 42.5 Å². The Morgan fingerprint density at radius 1 is 1.18 bits per heavy atom. The Kier molecular flexibility index (Phi) is 5.71. The third-order valence-corrected chi connectivity index (χ3v) is 9.24. The molecule has 1 aromatic heterocycles. The summed E-state index contributed by atoms with van der Waals surface area (Å²) in [5.41, 5.74) is 3.10. The van der Waals surface area contributed by atoms with Gasteiger partial charge in [-0.25, -0.2) is 12.8 Å². The average molecular weight is 488 g/mol. The number of fused-ring (bicyclic) bond motifs is 4. The van der Waals surface area contributed by atoms with Crippen molar-refractivity contribution >= 4 is 20.9 Å². The van der Waals surface area contributed by atoms with Crippen molar-refractivity contribution in [3.05, 3.63) is 65.1 Å². The first-order valence-electron chi connectivity index (χ1n) is 11.5. The molecule has 0 amide bonds. The molecule has 182 valence electrons. The molecule has 7 nitrogen and oxygen atoms in total. The van der Waals surface area contributed by atoms with Crippen molar-refractivity contribution in [3.63, 3.8) is 0 Å². The van der Waals surface area contributed by atoms with E-state index in [0.29, 0.717) is 31.7 Å². The normalized spacial score (nSPS) is 20.4. The molecule has 1 spiro atoms. The van der Waals surface area contributed by atoms with E-state index in [4.69, 9.17) is 4.74 Å². The number of nitrogens with zero attached hydrogens (tertiary/aromatic N) is 3. The second-order valence-corrected chi connectivity index (χ2v) is 11.6. The molecule has 34 heavy (non-hydrogen) atoms. The Bertz CT molecular complexity index is 1350. The first kappa shape index (κ1) is 23.3. The summed E-state index contributed by atoms with van der Waals surface area (Å²) in [5.74, 6) is 0.498. The van der Waals surface area contributed by atoms with Gasteiger partial charge in [0.25, 0.3) is 0 Å². The van der Waals surface area contributed by atoms with E-state index < -0.39 is 15.4 Å². The summed E-state index contributed by atoms with van der Waals surface area (Å²) >= 11 is 0. The van der Waals surface area contributed by atoms with Gasteiger partial charge in [0, 0.05) is 61.4 Å². The fraction of sp³-hybridized carbons (Fsp3) is 0.440. The molecule has 2 aliphatic heterocycles. The zero-order chi connectivity index (χ0) is 24.3. The molecule has 1 atom stereocenters. The van der Waals surface area contributed by atoms with Crippen molar-refractivity contribution in [2.75, 3.05) is 39.1 Å². The molecule has 0 bridgehead atoms. The van der Waals surface area contributed by atoms with E-state index in [1.165, 1.54) is 6.07 Å². The van der Waals surface area contributed by atoms with Crippen LogP contribution in [0.25, 0.3) is 10.9 Å². The Morgan fingerprint density at radius 3 is 2.56 bits per heavy atom. The number of ether oxygens (including phenoxy) is 1. The largest absolute Gasteiger partial charge is 0.497 e. The van der Waals surface area contributed by atoms with E-state index >= 15 is 0 Å². The lowest BCUT2D eigenvalue weighted by atomic mass is 9.70. The topological polar surface area (TPSA) is 75.0 Å². The fourth-order valence-electron chi connectivity index (χ4n) is 5.74. The van der Waals surface area contributed by atoms with Gasteiger partial charge in [0.1, 0.15) is 11.6 Å². The first-order chi connectivity index (χ1) is 16.2. The lowest BCUT2D eigenvalue weighted by Crippen LogP contribution is -2.67. The van der Waals surface area contributed by atoms with E-state index in [1.807, 2.05) is 25.2 Å². The van der Waals surface area contributed by atoms with Crippen LogP contribution in [0, 0.1) is 5.82 Å². The second-order valence-electron chi connectivity index (χ2n) is 9.35. The minimum Gasteiger partial charge on any atom is -0.497 e. The van der Waals surface area contributed by atoms with Crippen LogP contribution in [0.2, 0.25) is 0 Å². The molecule has 0 radical (unpaired) electrons. The van der Waals surface area contributed by atoms with E-state index in [1.54, 1.807) is 36.5 Å². The zero-order valence-corrected chi connectivity index (χ0v) is 20.5. The van der Waals surface area contributed by atoms with Crippen molar-refractivity contribution in [2.45, 2.75) is 24.9 Å². The van der Waals surface area contributed by atoms with Gasteiger partial charge in [-0.05, 0) is 30.7 Å². The van der Waals surface area contributed by atoms with Crippen LogP contribution in [0.5, 0.6) is 5.75 Å². The van der Waals surface area contributed by atoms with Gasteiger partial charge < -0.3 is 14.4 Å². The monoisotopic (exact) mass is 487 g/mol. The molecular weight excluding hydrogens is 457 g/mol. The summed E-state index contributed by atoms with van der Waals surface area (Å²) < 4.78 is 48.8. The van der Waals surface area contributed by atoms with Crippen molar-refractivity contribution in [1.29, 1.82) is 0 Å². The van der Waals surface area contributed by atoms with E-state index in [2.05, 4.69) is 9.47 Å². The molecule has 2 aliphatic rings. The molecule has 1 saturated heterocycles. The number of halogens is 1. The van der Waals surface area contributed by atoms with Crippen LogP contribution in [0.3, 0.4) is 0 Å². The summed E-state index contributed by atoms with van der Waals surface area (Å²) in [5, 5.41) is 11.5. The van der Waals surface area contributed by atoms with E-state index in [-0.39, 0.29) is 24.2 Å². The summed E-state index contributed by atoms with van der Waals surface area (Å²) in [6, 6.07) is 12.2. The molecule has 3 heterocycles. The Morgan fingerprint density at radius 2 is 1.91 bits per heavy atom. The highest BCUT2D eigenvalue weighted by Crippen LogP contribution is 2.50. The van der Waals surface area contributed by atoms with Crippen molar-refractivity contribution in [3.8, 4) is 5.75 Å². The third kappa shape index (κ3) is 3.45. The van der Waals surface area contributed by atoms with Gasteiger partial charge in [-0.15, -0.1) is 0 Å². The smallest absolute Gasteiger partial charge is 0.213 e. The summed E-state index contributed by atoms with van der Waals surface area (Å²) in [7, 11) is 0.264. The van der Waals surface area contributed by atoms with Crippen LogP contribution < -0.4 is 4.74 Å². The highest BCUT2D eigenvalue weighted by atomic mass is 32.2. The SMILES string of the molecule is CCS(=O)(=O)N1CC2(CN(Cc3ccccc3F)[C@@H](CO)c3c2c2ccc(OC)cc2n3C)C1. The number of aliphatic hydroxyl groups is 1. The predicted molar refractivity (Wildman–Crippen MR) is 129 cm³/mol. The number of sulfonamides is 1. The highest BCUT2D eigenvalue weighted by Gasteiger charge is 2.55. The number of benzene rings is 2. The molecular formula is C25H30FN3O4S. The molecule has 5 rings (SSSR count). The minimum absolute atomic E-state index is 0.0564. The number of aromatic nitrogens is 1. The maximum absolute atomic E-state index is 14.6. The Hall–Kier alpha value is -2.46. The van der Waals surface area contributed by atoms with Gasteiger partial charge in [0.05, 0.1) is 31.0 Å². The van der Waals surface area contributed by atoms with Crippen LogP contribution in [-0.2, 0) is 29.0 Å². The van der Waals surface area contributed by atoms with Crippen molar-refractivity contribution in [2.24, 2.45) is 7.05 Å². The van der Waals surface area contributed by atoms with Crippen molar-refractivity contribution in [1.82, 2.24) is 13.8 Å². The number of methoxy groups -OCH3 is 1. The lowest BCUT2D eigenvalue weighted by molar-refractivity contribution is 0.0236. The summed E-state index contributed by atoms with van der Waals surface area (Å²) in [6.45, 7) is 3.12. The molecule has 0 saturated carbocycles. The van der Waals surface area contributed by atoms with Gasteiger partial charge in [-0.2, -0.15) is 4.31 Å². The molecule has 0 aliphatic carbocycles. The minimum atomic E-state index is -3.32. The molecule has 3 aromatic rings. The fourth-order valence-corrected chi connectivity index (χ4v) is 6.99. The van der Waals surface area contributed by atoms with E-state index in [0.717, 1.165) is 27.9 Å². The molecule has 0 unspecified atom stereocenters. The van der Waals surface area contributed by atoms with E-state index in [9.17, 15) is 17.9 Å². The highest BCUT2D eigenvalue weighted by molar-refractivity contribution is 7.89. The zero-order valence-electron chi connectivity index (χ0n) is 19.7. The van der Waals surface area contributed by atoms with Crippen molar-refractivity contribution < 1.29 is 22.7 Å². The number of aliphatic hydroxyl groups excluding tert-OH is 1. The van der Waals surface area contributed by atoms with Crippen LogP contribution >= 0.6 is 0 Å². The number of rotatable bonds is 6. The quantitative estimate of drug-likeness (QED) is 0.579. The van der Waals surface area contributed by atoms with Gasteiger partial charge in [-0.3, -0.25) is 4.90 Å². The van der Waals surface area contributed by atoms with Crippen LogP contribution in [-0.4, -0.2) is 66.4 Å². The standard InChI is InChI=1S/C25H30FN3O4S/c1-4-34(31,32)29-15-25(16-29)14-28(12-17-7-5-6-8-20(17)26)22(13-30)24-23(25)19-10-9-18(33-3)11-21(19)27(24)2/h5-11,22,30H,4,12-16H2,1-3H3/t22-/m0/s1. The third-order valence-electron chi connectivity index (χ3n) is 7.47. The number of aryl methyl sites for hydroxylation is 1. The summed E-state index contributed by atoms with van der Waals surface area (Å²) in [6.07, 6.45) is 0. The molecule has 1 fully saturated rings. The number of hydrogen-bond acceptors (Lipinski definition) is 5. The molecule has 2 aromatic carbocycles. The van der Waals surface area contributed by atoms with Gasteiger partial charge >= 0.3 is 0 Å². The van der Waals surface area contributed by atoms with Gasteiger partial charge in [0.15, 0.2) is 0 Å². The maximum atomic E-state index is 14.6. The van der Waals surface area contributed by atoms with Gasteiger partial charge in [0.2, 0.25) is 10.0 Å². The van der Waals surface area contributed by atoms with Crippen LogP contribution in [0.4, 0.5) is 4.39 Å². The van der Waals surface area contributed by atoms with Crippen LogP contribution in [0.1, 0.15) is 29.8 Å². The average Bonchev–Trinajstić information content (AvgIpc) is 3.10. The maximum Gasteiger partial charge on any atom is 0.213 e. The second kappa shape index (κ2) is 8.34. The Labute approximate surface area is 199 Å². The number of hydrogen-bond donors (Lipinski definition) is 1. The van der Waals surface area contributed by atoms with Gasteiger partial charge in [-0.1, -0.05) is 18.2 Å². The first-order valence-corrected chi connectivity index (χ1v) is 13.1. The molecule has 1 N–H and O–H groups in total. The molecule has 9 heteroatoms. The lowest BCUT2D eigenvalue weighted by Gasteiger charge is -2.55. The summed E-state index contributed by atoms with van der Waals surface area (Å²) in [4.78, 5) is 2.09. The Balaban J connectivity index is 1.67. The predicted octanol–water partition coefficient (Wildman–Crippen LogP) is 2.78.